The van der Waals surface area contributed by atoms with Crippen LogP contribution in [0.15, 0.2) is 83.0 Å². The van der Waals surface area contributed by atoms with E-state index in [1.165, 1.54) is 28.7 Å². The molecule has 0 atom stereocenters. The number of thiazole rings is 1. The van der Waals surface area contributed by atoms with E-state index in [1.54, 1.807) is 13.2 Å². The minimum absolute atomic E-state index is 0.0772. The van der Waals surface area contributed by atoms with Crippen LogP contribution in [0.5, 0.6) is 0 Å². The topological polar surface area (TPSA) is 99.2 Å². The normalized spacial score (nSPS) is 12.4. The van der Waals surface area contributed by atoms with Gasteiger partial charge in [-0.25, -0.2) is 9.97 Å². The van der Waals surface area contributed by atoms with Gasteiger partial charge in [0.25, 0.3) is 0 Å². The zero-order valence-corrected chi connectivity index (χ0v) is 25.6. The number of carbonyl (C=O) groups excluding carboxylic acids is 2. The minimum atomic E-state index is -0.132. The van der Waals surface area contributed by atoms with Crippen molar-refractivity contribution >= 4 is 34.1 Å². The Balaban J connectivity index is 0.00000147. The molecule has 0 saturated heterocycles. The number of aromatic nitrogens is 2. The van der Waals surface area contributed by atoms with E-state index in [4.69, 9.17) is 0 Å². The van der Waals surface area contributed by atoms with Crippen molar-refractivity contribution in [1.82, 2.24) is 20.6 Å². The molecule has 1 fully saturated rings. The molecule has 1 aromatic carbocycles. The number of nitrogens with zero attached hydrogens (tertiary/aromatic N) is 3. The molecular weight excluding hydrogens is 532 g/mol. The number of anilines is 2. The van der Waals surface area contributed by atoms with E-state index >= 15 is 0 Å². The van der Waals surface area contributed by atoms with Crippen LogP contribution in [0.3, 0.4) is 0 Å². The van der Waals surface area contributed by atoms with Gasteiger partial charge in [0.2, 0.25) is 11.8 Å². The zero-order valence-electron chi connectivity index (χ0n) is 24.7. The molecule has 2 amide bonds. The Hall–Kier alpha value is -4.08. The summed E-state index contributed by atoms with van der Waals surface area (Å²) in [5.41, 5.74) is 7.22. The number of amides is 2. The molecule has 216 valence electrons. The molecule has 9 heteroatoms. The summed E-state index contributed by atoms with van der Waals surface area (Å²) in [5.74, 6) is 0.384. The minimum Gasteiger partial charge on any atom is -0.376 e. The Morgan fingerprint density at radius 1 is 1.10 bits per heavy atom. The van der Waals surface area contributed by atoms with Gasteiger partial charge in [-0.05, 0) is 80.8 Å². The molecule has 3 N–H and O–H groups in total. The number of carbonyl (C=O) groups is 2. The Bertz CT molecular complexity index is 1430. The van der Waals surface area contributed by atoms with Crippen LogP contribution in [0.4, 0.5) is 10.9 Å². The summed E-state index contributed by atoms with van der Waals surface area (Å²) >= 11 is 1.40. The predicted octanol–water partition coefficient (Wildman–Crippen LogP) is 6.18. The quantitative estimate of drug-likeness (QED) is 0.251. The highest BCUT2D eigenvalue weighted by molar-refractivity contribution is 7.14. The molecule has 2 aromatic heterocycles. The summed E-state index contributed by atoms with van der Waals surface area (Å²) in [5, 5.41) is 11.5. The third-order valence-electron chi connectivity index (χ3n) is 6.22. The van der Waals surface area contributed by atoms with Gasteiger partial charge in [0, 0.05) is 36.8 Å². The Kier molecular flexibility index (Phi) is 12.0. The van der Waals surface area contributed by atoms with Crippen LogP contribution in [-0.4, -0.2) is 49.5 Å². The molecule has 0 unspecified atom stereocenters. The van der Waals surface area contributed by atoms with Crippen molar-refractivity contribution in [2.75, 3.05) is 37.9 Å². The lowest BCUT2D eigenvalue weighted by Gasteiger charge is -2.14. The molecule has 1 aliphatic carbocycles. The highest BCUT2D eigenvalue weighted by Crippen LogP contribution is 2.34. The number of benzene rings is 1. The van der Waals surface area contributed by atoms with Crippen LogP contribution < -0.4 is 20.9 Å². The second-order valence-corrected chi connectivity index (χ2v) is 10.4. The molecule has 3 aromatic rings. The monoisotopic (exact) mass is 572 g/mol. The van der Waals surface area contributed by atoms with Crippen molar-refractivity contribution in [3.05, 3.63) is 83.0 Å². The molecule has 0 radical (unpaired) electrons. The van der Waals surface area contributed by atoms with Crippen LogP contribution in [-0.2, 0) is 9.59 Å². The lowest BCUT2D eigenvalue weighted by atomic mass is 10.0. The van der Waals surface area contributed by atoms with E-state index in [1.807, 2.05) is 62.8 Å². The van der Waals surface area contributed by atoms with Crippen molar-refractivity contribution in [2.24, 2.45) is 0 Å². The summed E-state index contributed by atoms with van der Waals surface area (Å²) in [6.45, 7) is 5.82. The van der Waals surface area contributed by atoms with Gasteiger partial charge < -0.3 is 20.9 Å². The predicted molar refractivity (Wildman–Crippen MR) is 171 cm³/mol. The van der Waals surface area contributed by atoms with Crippen LogP contribution in [0, 0.1) is 0 Å². The van der Waals surface area contributed by atoms with E-state index in [0.717, 1.165) is 52.9 Å². The Labute approximate surface area is 247 Å². The third-order valence-corrected chi connectivity index (χ3v) is 6.97. The molecule has 0 bridgehead atoms. The van der Waals surface area contributed by atoms with Crippen LogP contribution in [0.1, 0.15) is 40.0 Å². The van der Waals surface area contributed by atoms with Gasteiger partial charge in [0.15, 0.2) is 5.13 Å². The molecule has 1 aliphatic rings. The summed E-state index contributed by atoms with van der Waals surface area (Å²) in [6, 6.07) is 11.8. The first kappa shape index (κ1) is 31.4. The molecule has 41 heavy (non-hydrogen) atoms. The molecule has 0 aliphatic heterocycles. The number of hydrogen-bond donors (Lipinski definition) is 3. The van der Waals surface area contributed by atoms with Crippen LogP contribution in [0.2, 0.25) is 0 Å². The summed E-state index contributed by atoms with van der Waals surface area (Å²) in [7, 11) is 5.46. The average Bonchev–Trinajstić information content (AvgIpc) is 3.72. The average molecular weight is 573 g/mol. The van der Waals surface area contributed by atoms with Gasteiger partial charge in [0.05, 0.1) is 12.2 Å². The summed E-state index contributed by atoms with van der Waals surface area (Å²) in [4.78, 5) is 34.9. The fraction of sp³-hybridized carbons (Fsp3) is 0.312. The maximum Gasteiger partial charge on any atom is 0.245 e. The smallest absolute Gasteiger partial charge is 0.245 e. The highest BCUT2D eigenvalue weighted by Gasteiger charge is 2.20. The molecule has 0 spiro atoms. The molecule has 8 nitrogen and oxygen atoms in total. The number of hydrogen-bond acceptors (Lipinski definition) is 7. The molecular formula is C32H40N6O2S. The van der Waals surface area contributed by atoms with Gasteiger partial charge >= 0.3 is 0 Å². The lowest BCUT2D eigenvalue weighted by Crippen LogP contribution is -2.28. The zero-order chi connectivity index (χ0) is 29.8. The first-order valence-electron chi connectivity index (χ1n) is 13.7. The first-order chi connectivity index (χ1) is 19.8. The number of rotatable bonds is 10. The van der Waals surface area contributed by atoms with E-state index < -0.39 is 0 Å². The van der Waals surface area contributed by atoms with E-state index in [0.29, 0.717) is 10.9 Å². The van der Waals surface area contributed by atoms with Crippen molar-refractivity contribution < 1.29 is 9.59 Å². The van der Waals surface area contributed by atoms with Crippen molar-refractivity contribution in [3.8, 4) is 22.4 Å². The fourth-order valence-electron chi connectivity index (χ4n) is 3.91. The first-order valence-corrected chi connectivity index (χ1v) is 14.6. The third kappa shape index (κ3) is 9.23. The van der Waals surface area contributed by atoms with E-state index in [2.05, 4.69) is 51.1 Å². The van der Waals surface area contributed by atoms with Crippen molar-refractivity contribution in [3.63, 3.8) is 0 Å². The molecule has 1 saturated carbocycles. The van der Waals surface area contributed by atoms with Gasteiger partial charge in [-0.3, -0.25) is 9.59 Å². The van der Waals surface area contributed by atoms with Crippen molar-refractivity contribution in [1.29, 1.82) is 0 Å². The van der Waals surface area contributed by atoms with Gasteiger partial charge in [-0.2, -0.15) is 0 Å². The molecule has 4 rings (SSSR count). The SMILES string of the molecule is C/C=C(\C=C/CC)C(NCC(=O)Nc1nc(-c2cccc(-c3ccnc(N(C)C(C)=O)c3)c2)cs1)=C1CC1.CNC. The lowest BCUT2D eigenvalue weighted by molar-refractivity contribution is -0.116. The van der Waals surface area contributed by atoms with Gasteiger partial charge in [0.1, 0.15) is 5.82 Å². The number of allylic oxidation sites excluding steroid dienone is 4. The van der Waals surface area contributed by atoms with Gasteiger partial charge in [-0.1, -0.05) is 43.4 Å². The van der Waals surface area contributed by atoms with Crippen LogP contribution >= 0.6 is 11.3 Å². The summed E-state index contributed by atoms with van der Waals surface area (Å²) in [6.07, 6.45) is 11.1. The number of pyridine rings is 1. The number of nitrogens with one attached hydrogen (secondary N) is 3. The van der Waals surface area contributed by atoms with Gasteiger partial charge in [-0.15, -0.1) is 11.3 Å². The van der Waals surface area contributed by atoms with E-state index in [-0.39, 0.29) is 18.4 Å². The Morgan fingerprint density at radius 3 is 2.46 bits per heavy atom. The standard InChI is InChI=1S/C30H33N5O2S.C2H7N/c1-5-7-9-21(6-2)29(22-12-13-22)32-18-28(37)34-30-33-26(19-38-30)25-11-8-10-23(16-25)24-14-15-31-27(17-24)35(4)20(3)36;1-3-2/h6-11,14-17,19,32H,5,12-13,18H2,1-4H3,(H,33,34,37);3H,1-2H3/b9-7-,21-6+;. The van der Waals surface area contributed by atoms with E-state index in [9.17, 15) is 9.59 Å². The van der Waals surface area contributed by atoms with Crippen LogP contribution in [0.25, 0.3) is 22.4 Å². The largest absolute Gasteiger partial charge is 0.376 e. The second kappa shape index (κ2) is 15.6. The Morgan fingerprint density at radius 2 is 1.80 bits per heavy atom. The van der Waals surface area contributed by atoms with Crippen molar-refractivity contribution in [2.45, 2.75) is 40.0 Å². The molecule has 2 heterocycles. The maximum absolute atomic E-state index is 12.7. The highest BCUT2D eigenvalue weighted by atomic mass is 32.1. The fourth-order valence-corrected chi connectivity index (χ4v) is 4.64. The summed E-state index contributed by atoms with van der Waals surface area (Å²) < 4.78 is 0. The second-order valence-electron chi connectivity index (χ2n) is 9.53. The maximum atomic E-state index is 12.7.